The Labute approximate surface area is 355 Å². The van der Waals surface area contributed by atoms with Crippen molar-refractivity contribution in [3.8, 4) is 67.4 Å². The molecule has 0 aliphatic heterocycles. The van der Waals surface area contributed by atoms with Gasteiger partial charge in [-0.2, -0.15) is 0 Å². The van der Waals surface area contributed by atoms with Crippen molar-refractivity contribution in [1.82, 2.24) is 19.9 Å². The van der Waals surface area contributed by atoms with Gasteiger partial charge in [-0.3, -0.25) is 0 Å². The summed E-state index contributed by atoms with van der Waals surface area (Å²) < 4.78 is 6.60. The lowest BCUT2D eigenvalue weighted by Crippen LogP contribution is -2.06. The lowest BCUT2D eigenvalue weighted by molar-refractivity contribution is 0.547. The van der Waals surface area contributed by atoms with E-state index < -0.39 is 0 Å². The fraction of sp³-hybridized carbons (Fsp3) is 0.0714. The fourth-order valence-corrected chi connectivity index (χ4v) is 8.59. The lowest BCUT2D eigenvalue weighted by Gasteiger charge is -2.16. The number of aryl methyl sites for hydroxylation is 1. The molecule has 61 heavy (non-hydrogen) atoms. The molecule has 2 aliphatic rings. The average Bonchev–Trinajstić information content (AvgIpc) is 3.73. The number of rotatable bonds is 8. The summed E-state index contributed by atoms with van der Waals surface area (Å²) in [6.07, 6.45) is 12.1. The molecule has 3 heterocycles. The highest BCUT2D eigenvalue weighted by Gasteiger charge is 2.24. The third-order valence-corrected chi connectivity index (χ3v) is 11.7. The van der Waals surface area contributed by atoms with Crippen molar-refractivity contribution in [2.75, 3.05) is 0 Å². The summed E-state index contributed by atoms with van der Waals surface area (Å²) in [5, 5.41) is 1.12. The van der Waals surface area contributed by atoms with Gasteiger partial charge in [-0.25, -0.2) is 19.9 Å². The first-order valence-electron chi connectivity index (χ1n) is 21.0. The van der Waals surface area contributed by atoms with Gasteiger partial charge in [0, 0.05) is 22.9 Å². The Bertz CT molecular complexity index is 3160. The molecule has 0 amide bonds. The minimum Gasteiger partial charge on any atom is -0.460 e. The van der Waals surface area contributed by atoms with Crippen LogP contribution in [-0.2, 0) is 6.42 Å². The number of hydrogen-bond acceptors (Lipinski definition) is 5. The average molecular weight is 785 g/mol. The molecule has 5 nitrogen and oxygen atoms in total. The normalized spacial score (nSPS) is 13.4. The Balaban J connectivity index is 1.01. The van der Waals surface area contributed by atoms with Gasteiger partial charge in [-0.15, -0.1) is 0 Å². The molecule has 3 aromatic heterocycles. The maximum Gasteiger partial charge on any atom is 0.182 e. The zero-order chi connectivity index (χ0) is 40.5. The molecule has 290 valence electrons. The second-order valence-corrected chi connectivity index (χ2v) is 15.6. The first kappa shape index (κ1) is 36.3. The van der Waals surface area contributed by atoms with Crippen molar-refractivity contribution in [2.24, 2.45) is 0 Å². The smallest absolute Gasteiger partial charge is 0.182 e. The van der Waals surface area contributed by atoms with Crippen molar-refractivity contribution in [3.05, 3.63) is 211 Å². The first-order valence-corrected chi connectivity index (χ1v) is 21.0. The van der Waals surface area contributed by atoms with Crippen LogP contribution in [-0.4, -0.2) is 19.9 Å². The molecule has 0 fully saturated rings. The quantitative estimate of drug-likeness (QED) is 0.154. The van der Waals surface area contributed by atoms with Crippen LogP contribution in [0.25, 0.3) is 95.6 Å². The van der Waals surface area contributed by atoms with Gasteiger partial charge < -0.3 is 4.42 Å². The van der Waals surface area contributed by atoms with Crippen LogP contribution < -0.4 is 0 Å². The van der Waals surface area contributed by atoms with E-state index in [-0.39, 0.29) is 0 Å². The van der Waals surface area contributed by atoms with Crippen LogP contribution in [0.3, 0.4) is 0 Å². The third-order valence-electron chi connectivity index (χ3n) is 11.7. The first-order chi connectivity index (χ1) is 30.2. The van der Waals surface area contributed by atoms with Gasteiger partial charge in [0.25, 0.3) is 0 Å². The topological polar surface area (TPSA) is 64.7 Å². The van der Waals surface area contributed by atoms with Crippen molar-refractivity contribution in [3.63, 3.8) is 0 Å². The van der Waals surface area contributed by atoms with Crippen LogP contribution >= 0.6 is 0 Å². The highest BCUT2D eigenvalue weighted by Crippen LogP contribution is 2.42. The van der Waals surface area contributed by atoms with E-state index in [0.29, 0.717) is 23.2 Å². The summed E-state index contributed by atoms with van der Waals surface area (Å²) in [4.78, 5) is 20.6. The van der Waals surface area contributed by atoms with E-state index in [1.54, 1.807) is 0 Å². The van der Waals surface area contributed by atoms with Gasteiger partial charge in [0.15, 0.2) is 17.5 Å². The zero-order valence-electron chi connectivity index (χ0n) is 33.5. The molecular weight excluding hydrogens is 745 g/mol. The molecule has 0 atom stereocenters. The van der Waals surface area contributed by atoms with Crippen LogP contribution in [0.1, 0.15) is 42.1 Å². The summed E-state index contributed by atoms with van der Waals surface area (Å²) in [5.74, 6) is 2.89. The van der Waals surface area contributed by atoms with Crippen LogP contribution in [0.5, 0.6) is 0 Å². The van der Waals surface area contributed by atoms with E-state index in [1.165, 1.54) is 22.3 Å². The van der Waals surface area contributed by atoms with Crippen LogP contribution in [0.4, 0.5) is 0 Å². The van der Waals surface area contributed by atoms with Gasteiger partial charge in [0.1, 0.15) is 17.0 Å². The second-order valence-electron chi connectivity index (χ2n) is 15.6. The minimum absolute atomic E-state index is 0.557. The summed E-state index contributed by atoms with van der Waals surface area (Å²) in [6.45, 7) is 0. The molecule has 6 aromatic carbocycles. The van der Waals surface area contributed by atoms with E-state index >= 15 is 0 Å². The van der Waals surface area contributed by atoms with Gasteiger partial charge >= 0.3 is 0 Å². The van der Waals surface area contributed by atoms with Crippen LogP contribution in [0.15, 0.2) is 193 Å². The number of allylic oxidation sites excluding steroid dienone is 5. The predicted molar refractivity (Wildman–Crippen MR) is 249 cm³/mol. The van der Waals surface area contributed by atoms with Gasteiger partial charge in [0.05, 0.1) is 5.69 Å². The van der Waals surface area contributed by atoms with Gasteiger partial charge in [-0.1, -0.05) is 164 Å². The molecule has 5 heteroatoms. The standard InChI is InChI=1S/C56H40N4O/c1-5-15-37(16-6-1)43-23-13-24-44(33-43)39-27-29-40(30-28-39)47-25-14-26-52-53(47)48-34-45(31-32-51(48)61-52)49-35-46(38-17-7-2-8-18-38)36-50(57-49)56-59-54(41-19-9-3-10-20-41)58-55(60-56)42-21-11-4-12-22-42/h1-11,13-21,23-30,33-36H,12,22,31-32H2. The van der Waals surface area contributed by atoms with Crippen molar-refractivity contribution < 1.29 is 4.42 Å². The Morgan fingerprint density at radius 2 is 1.02 bits per heavy atom. The van der Waals surface area contributed by atoms with Crippen molar-refractivity contribution in [2.45, 2.75) is 25.7 Å². The number of furan rings is 1. The molecule has 9 aromatic rings. The molecule has 2 aliphatic carbocycles. The number of hydrogen-bond donors (Lipinski definition) is 0. The Morgan fingerprint density at radius 1 is 0.410 bits per heavy atom. The number of pyridine rings is 1. The van der Waals surface area contributed by atoms with Crippen LogP contribution in [0, 0.1) is 0 Å². The number of aromatic nitrogens is 4. The number of benzene rings is 6. The molecule has 0 bridgehead atoms. The van der Waals surface area contributed by atoms with Gasteiger partial charge in [-0.05, 0) is 105 Å². The summed E-state index contributed by atoms with van der Waals surface area (Å²) in [7, 11) is 0. The monoisotopic (exact) mass is 784 g/mol. The molecule has 0 unspecified atom stereocenters. The summed E-state index contributed by atoms with van der Waals surface area (Å²) in [6, 6.07) is 59.5. The number of fused-ring (bicyclic) bond motifs is 3. The molecule has 0 N–H and O–H groups in total. The molecule has 0 saturated carbocycles. The van der Waals surface area contributed by atoms with E-state index in [2.05, 4.69) is 158 Å². The predicted octanol–water partition coefficient (Wildman–Crippen LogP) is 14.2. The van der Waals surface area contributed by atoms with E-state index in [0.717, 1.165) is 92.6 Å². The molecule has 11 rings (SSSR count). The highest BCUT2D eigenvalue weighted by atomic mass is 16.3. The molecule has 0 saturated heterocycles. The molecule has 0 spiro atoms. The lowest BCUT2D eigenvalue weighted by atomic mass is 9.90. The van der Waals surface area contributed by atoms with E-state index in [1.807, 2.05) is 36.4 Å². The SMILES string of the molecule is C1=CCCC(c2nc(-c3ccccc3)nc(-c3cc(-c4ccccc4)cc(C4=Cc5c(oc6cccc(-c7ccc(-c8cccc(-c9ccccc9)c8)cc7)c56)CC4)n3)n2)=C1. The maximum absolute atomic E-state index is 6.60. The largest absolute Gasteiger partial charge is 0.460 e. The Hall–Kier alpha value is -7.76. The van der Waals surface area contributed by atoms with Crippen molar-refractivity contribution in [1.29, 1.82) is 0 Å². The van der Waals surface area contributed by atoms with Crippen molar-refractivity contribution >= 4 is 28.2 Å². The maximum atomic E-state index is 6.60. The number of nitrogens with zero attached hydrogens (tertiary/aromatic N) is 4. The molecule has 0 radical (unpaired) electrons. The van der Waals surface area contributed by atoms with E-state index in [9.17, 15) is 0 Å². The van der Waals surface area contributed by atoms with Gasteiger partial charge in [0.2, 0.25) is 0 Å². The zero-order valence-corrected chi connectivity index (χ0v) is 33.5. The van der Waals surface area contributed by atoms with E-state index in [4.69, 9.17) is 24.4 Å². The summed E-state index contributed by atoms with van der Waals surface area (Å²) in [5.41, 5.74) is 16.1. The fourth-order valence-electron chi connectivity index (χ4n) is 8.59. The second kappa shape index (κ2) is 15.8. The highest BCUT2D eigenvalue weighted by molar-refractivity contribution is 6.04. The molecular formula is C56H40N4O. The minimum atomic E-state index is 0.557. The Kier molecular flexibility index (Phi) is 9.40. The summed E-state index contributed by atoms with van der Waals surface area (Å²) >= 11 is 0. The third kappa shape index (κ3) is 7.21. The Morgan fingerprint density at radius 3 is 1.74 bits per heavy atom. The van der Waals surface area contributed by atoms with Crippen LogP contribution in [0.2, 0.25) is 0 Å².